The summed E-state index contributed by atoms with van der Waals surface area (Å²) >= 11 is 0. The maximum Gasteiger partial charge on any atom is 0.302 e. The van der Waals surface area contributed by atoms with Gasteiger partial charge in [0.15, 0.2) is 0 Å². The van der Waals surface area contributed by atoms with Crippen LogP contribution in [-0.4, -0.2) is 41.5 Å². The maximum absolute atomic E-state index is 12.7. The number of nitrogens with zero attached hydrogens (tertiary/aromatic N) is 2. The number of amides is 1. The lowest BCUT2D eigenvalue weighted by Crippen LogP contribution is -2.25. The second kappa shape index (κ2) is 5.10. The molecule has 2 heterocycles. The summed E-state index contributed by atoms with van der Waals surface area (Å²) in [5.41, 5.74) is 2.64. The number of fused-ring (bicyclic) bond motifs is 1. The number of nitrogens with one attached hydrogen (secondary N) is 1. The van der Waals surface area contributed by atoms with Crippen LogP contribution >= 0.6 is 0 Å². The fourth-order valence-electron chi connectivity index (χ4n) is 2.70. The zero-order valence-electron chi connectivity index (χ0n) is 11.1. The number of rotatable bonds is 4. The number of likely N-dealkylation sites (tertiary alicyclic amines) is 1. The number of H-pyrrole nitrogens is 1. The first-order chi connectivity index (χ1) is 9.90. The van der Waals surface area contributed by atoms with Crippen molar-refractivity contribution in [1.29, 1.82) is 0 Å². The number of carbonyl (C=O) groups is 1. The Hall–Kier alpha value is -1.96. The van der Waals surface area contributed by atoms with Crippen LogP contribution in [0.2, 0.25) is 0 Å². The Morgan fingerprint density at radius 3 is 3.00 bits per heavy atom. The third-order valence-electron chi connectivity index (χ3n) is 3.59. The molecule has 0 bridgehead atoms. The molecule has 112 valence electrons. The van der Waals surface area contributed by atoms with Crippen molar-refractivity contribution >= 4 is 27.2 Å². The third-order valence-corrected chi connectivity index (χ3v) is 4.46. The van der Waals surface area contributed by atoms with E-state index in [-0.39, 0.29) is 18.9 Å². The van der Waals surface area contributed by atoms with Crippen LogP contribution in [0.3, 0.4) is 0 Å². The number of hydrogen-bond donors (Lipinski definition) is 1. The predicted molar refractivity (Wildman–Crippen MR) is 74.5 cm³/mol. The van der Waals surface area contributed by atoms with Gasteiger partial charge in [-0.1, -0.05) is 6.07 Å². The Labute approximate surface area is 121 Å². The standard InChI is InChI=1S/C13H14FN3O3S/c14-21(19,20)7-10-4-13(18)17(6-10)5-9-1-2-11-12(3-9)16-8-15-11/h1-3,8,10H,4-7H2,(H,15,16). The number of carbonyl (C=O) groups excluding carboxylic acids is 1. The molecule has 1 atom stereocenters. The van der Waals surface area contributed by atoms with Crippen molar-refractivity contribution in [3.05, 3.63) is 30.1 Å². The topological polar surface area (TPSA) is 83.1 Å². The van der Waals surface area contributed by atoms with Gasteiger partial charge in [0.05, 0.1) is 23.1 Å². The van der Waals surface area contributed by atoms with E-state index in [9.17, 15) is 17.1 Å². The number of halogens is 1. The van der Waals surface area contributed by atoms with E-state index < -0.39 is 21.9 Å². The minimum absolute atomic E-state index is 0.0788. The normalized spacial score (nSPS) is 19.6. The Morgan fingerprint density at radius 1 is 1.43 bits per heavy atom. The molecule has 21 heavy (non-hydrogen) atoms. The zero-order valence-corrected chi connectivity index (χ0v) is 11.9. The Morgan fingerprint density at radius 2 is 2.24 bits per heavy atom. The minimum Gasteiger partial charge on any atom is -0.345 e. The average Bonchev–Trinajstić information content (AvgIpc) is 2.94. The van der Waals surface area contributed by atoms with Crippen LogP contribution in [0.25, 0.3) is 11.0 Å². The van der Waals surface area contributed by atoms with Crippen molar-refractivity contribution < 1.29 is 17.1 Å². The Kier molecular flexibility index (Phi) is 3.40. The number of aromatic nitrogens is 2. The summed E-state index contributed by atoms with van der Waals surface area (Å²) < 4.78 is 34.0. The van der Waals surface area contributed by atoms with Gasteiger partial charge >= 0.3 is 10.2 Å². The van der Waals surface area contributed by atoms with E-state index in [4.69, 9.17) is 0 Å². The van der Waals surface area contributed by atoms with Gasteiger partial charge in [0.1, 0.15) is 0 Å². The molecule has 8 heteroatoms. The molecular weight excluding hydrogens is 297 g/mol. The summed E-state index contributed by atoms with van der Waals surface area (Å²) in [5.74, 6) is -1.20. The van der Waals surface area contributed by atoms with E-state index in [1.165, 1.54) is 0 Å². The molecule has 1 saturated heterocycles. The number of benzene rings is 1. The quantitative estimate of drug-likeness (QED) is 0.860. The second-order valence-electron chi connectivity index (χ2n) is 5.30. The van der Waals surface area contributed by atoms with E-state index in [0.29, 0.717) is 6.54 Å². The van der Waals surface area contributed by atoms with Crippen molar-refractivity contribution in [2.75, 3.05) is 12.3 Å². The molecule has 1 unspecified atom stereocenters. The van der Waals surface area contributed by atoms with Crippen LogP contribution in [-0.2, 0) is 21.6 Å². The van der Waals surface area contributed by atoms with Crippen LogP contribution in [0.5, 0.6) is 0 Å². The molecule has 0 spiro atoms. The molecule has 1 aliphatic rings. The van der Waals surface area contributed by atoms with E-state index in [2.05, 4.69) is 9.97 Å². The second-order valence-corrected chi connectivity index (χ2v) is 6.71. The average molecular weight is 311 g/mol. The Bertz CT molecular complexity index is 787. The van der Waals surface area contributed by atoms with Crippen molar-refractivity contribution in [2.45, 2.75) is 13.0 Å². The smallest absolute Gasteiger partial charge is 0.302 e. The fraction of sp³-hybridized carbons (Fsp3) is 0.385. The Balaban J connectivity index is 1.71. The summed E-state index contributed by atoms with van der Waals surface area (Å²) in [4.78, 5) is 20.5. The molecule has 1 N–H and O–H groups in total. The fourth-order valence-corrected chi connectivity index (χ4v) is 3.49. The summed E-state index contributed by atoms with van der Waals surface area (Å²) in [7, 11) is -4.54. The molecule has 1 aromatic heterocycles. The SMILES string of the molecule is O=C1CC(CS(=O)(=O)F)CN1Cc1ccc2nc[nH]c2c1. The van der Waals surface area contributed by atoms with Gasteiger partial charge in [-0.25, -0.2) is 4.98 Å². The third kappa shape index (κ3) is 3.21. The van der Waals surface area contributed by atoms with E-state index >= 15 is 0 Å². The number of hydrogen-bond acceptors (Lipinski definition) is 4. The molecule has 0 radical (unpaired) electrons. The zero-order chi connectivity index (χ0) is 15.0. The highest BCUT2D eigenvalue weighted by Crippen LogP contribution is 2.23. The van der Waals surface area contributed by atoms with E-state index in [0.717, 1.165) is 16.6 Å². The molecule has 1 amide bonds. The lowest BCUT2D eigenvalue weighted by Gasteiger charge is -2.16. The minimum atomic E-state index is -4.54. The van der Waals surface area contributed by atoms with Crippen molar-refractivity contribution in [2.24, 2.45) is 5.92 Å². The monoisotopic (exact) mass is 311 g/mol. The predicted octanol–water partition coefficient (Wildman–Crippen LogP) is 1.21. The van der Waals surface area contributed by atoms with Gasteiger partial charge in [0, 0.05) is 25.4 Å². The highest BCUT2D eigenvalue weighted by molar-refractivity contribution is 7.86. The summed E-state index contributed by atoms with van der Waals surface area (Å²) in [5, 5.41) is 0. The number of aromatic amines is 1. The van der Waals surface area contributed by atoms with Crippen molar-refractivity contribution in [1.82, 2.24) is 14.9 Å². The first-order valence-corrected chi connectivity index (χ1v) is 8.08. The van der Waals surface area contributed by atoms with Gasteiger partial charge in [0.2, 0.25) is 5.91 Å². The summed E-state index contributed by atoms with van der Waals surface area (Å²) in [6.45, 7) is 0.652. The van der Waals surface area contributed by atoms with Gasteiger partial charge in [-0.2, -0.15) is 8.42 Å². The first kappa shape index (κ1) is 14.0. The molecule has 3 rings (SSSR count). The molecule has 1 aliphatic heterocycles. The molecular formula is C13H14FN3O3S. The van der Waals surface area contributed by atoms with Crippen LogP contribution < -0.4 is 0 Å². The molecule has 0 aliphatic carbocycles. The van der Waals surface area contributed by atoms with Gasteiger partial charge in [-0.15, -0.1) is 3.89 Å². The molecule has 1 fully saturated rings. The lowest BCUT2D eigenvalue weighted by molar-refractivity contribution is -0.128. The lowest BCUT2D eigenvalue weighted by atomic mass is 10.1. The van der Waals surface area contributed by atoms with Crippen LogP contribution in [0, 0.1) is 5.92 Å². The van der Waals surface area contributed by atoms with Gasteiger partial charge in [0.25, 0.3) is 0 Å². The van der Waals surface area contributed by atoms with Crippen molar-refractivity contribution in [3.63, 3.8) is 0 Å². The van der Waals surface area contributed by atoms with Gasteiger partial charge in [-0.3, -0.25) is 4.79 Å². The summed E-state index contributed by atoms with van der Waals surface area (Å²) in [6, 6.07) is 5.62. The molecule has 1 aromatic carbocycles. The van der Waals surface area contributed by atoms with E-state index in [1.54, 1.807) is 11.2 Å². The van der Waals surface area contributed by atoms with Gasteiger partial charge in [-0.05, 0) is 17.7 Å². The largest absolute Gasteiger partial charge is 0.345 e. The first-order valence-electron chi connectivity index (χ1n) is 6.53. The van der Waals surface area contributed by atoms with Gasteiger partial charge < -0.3 is 9.88 Å². The van der Waals surface area contributed by atoms with Crippen molar-refractivity contribution in [3.8, 4) is 0 Å². The molecule has 0 saturated carbocycles. The van der Waals surface area contributed by atoms with Crippen LogP contribution in [0.4, 0.5) is 3.89 Å². The maximum atomic E-state index is 12.7. The number of imidazole rings is 1. The van der Waals surface area contributed by atoms with Crippen LogP contribution in [0.15, 0.2) is 24.5 Å². The van der Waals surface area contributed by atoms with Crippen LogP contribution in [0.1, 0.15) is 12.0 Å². The highest BCUT2D eigenvalue weighted by atomic mass is 32.3. The highest BCUT2D eigenvalue weighted by Gasteiger charge is 2.32. The summed E-state index contributed by atoms with van der Waals surface area (Å²) in [6.07, 6.45) is 1.67. The molecule has 6 nitrogen and oxygen atoms in total. The molecule has 2 aromatic rings. The van der Waals surface area contributed by atoms with E-state index in [1.807, 2.05) is 18.2 Å².